The molecule has 19 heavy (non-hydrogen) atoms. The molecular formula is C16H23FN2. The second kappa shape index (κ2) is 5.91. The monoisotopic (exact) mass is 262 g/mol. The molecule has 3 rings (SSSR count). The van der Waals surface area contributed by atoms with Gasteiger partial charge < -0.3 is 10.2 Å². The number of nitrogens with zero attached hydrogens (tertiary/aromatic N) is 1. The summed E-state index contributed by atoms with van der Waals surface area (Å²) in [6.45, 7) is 3.29. The minimum Gasteiger partial charge on any atom is -0.371 e. The van der Waals surface area contributed by atoms with Crippen LogP contribution in [0.5, 0.6) is 0 Å². The van der Waals surface area contributed by atoms with Gasteiger partial charge in [-0.05, 0) is 62.4 Å². The smallest absolute Gasteiger partial charge is 0.123 e. The summed E-state index contributed by atoms with van der Waals surface area (Å²) in [6.07, 6.45) is 7.46. The van der Waals surface area contributed by atoms with Crippen molar-refractivity contribution in [1.29, 1.82) is 0 Å². The molecular weight excluding hydrogens is 239 g/mol. The van der Waals surface area contributed by atoms with Crippen LogP contribution in [0, 0.1) is 5.82 Å². The van der Waals surface area contributed by atoms with E-state index >= 15 is 0 Å². The SMILES string of the molecule is Fc1ccc(N2CCCCC2)c(C2CCCCN2)c1. The summed E-state index contributed by atoms with van der Waals surface area (Å²) in [5.41, 5.74) is 2.42. The second-order valence-electron chi connectivity index (χ2n) is 5.75. The Balaban J connectivity index is 1.88. The molecule has 0 aromatic heterocycles. The lowest BCUT2D eigenvalue weighted by Crippen LogP contribution is -2.33. The molecule has 2 saturated heterocycles. The summed E-state index contributed by atoms with van der Waals surface area (Å²) in [6, 6.07) is 5.66. The van der Waals surface area contributed by atoms with E-state index in [2.05, 4.69) is 10.2 Å². The van der Waals surface area contributed by atoms with E-state index in [0.29, 0.717) is 6.04 Å². The average Bonchev–Trinajstić information content (AvgIpc) is 2.49. The molecule has 1 aromatic carbocycles. The molecule has 2 aliphatic rings. The van der Waals surface area contributed by atoms with Crippen molar-refractivity contribution >= 4 is 5.69 Å². The standard InChI is InChI=1S/C16H23FN2/c17-13-7-8-16(19-10-4-1-5-11-19)14(12-13)15-6-2-3-9-18-15/h7-8,12,15,18H,1-6,9-11H2. The van der Waals surface area contributed by atoms with Crippen LogP contribution in [0.2, 0.25) is 0 Å². The van der Waals surface area contributed by atoms with Crippen molar-refractivity contribution in [3.63, 3.8) is 0 Å². The predicted octanol–water partition coefficient (Wildman–Crippen LogP) is 3.63. The van der Waals surface area contributed by atoms with Crippen LogP contribution in [0.25, 0.3) is 0 Å². The van der Waals surface area contributed by atoms with Crippen molar-refractivity contribution in [2.45, 2.75) is 44.6 Å². The van der Waals surface area contributed by atoms with Gasteiger partial charge in [-0.2, -0.15) is 0 Å². The molecule has 0 amide bonds. The van der Waals surface area contributed by atoms with Gasteiger partial charge in [-0.15, -0.1) is 0 Å². The van der Waals surface area contributed by atoms with E-state index in [4.69, 9.17) is 0 Å². The van der Waals surface area contributed by atoms with Gasteiger partial charge in [0.2, 0.25) is 0 Å². The van der Waals surface area contributed by atoms with Crippen LogP contribution in [0.3, 0.4) is 0 Å². The Hall–Kier alpha value is -1.09. The highest BCUT2D eigenvalue weighted by Crippen LogP contribution is 2.33. The highest BCUT2D eigenvalue weighted by molar-refractivity contribution is 5.55. The summed E-state index contributed by atoms with van der Waals surface area (Å²) in [4.78, 5) is 2.44. The molecule has 2 fully saturated rings. The number of hydrogen-bond acceptors (Lipinski definition) is 2. The third-order valence-electron chi connectivity index (χ3n) is 4.37. The third-order valence-corrected chi connectivity index (χ3v) is 4.37. The summed E-state index contributed by atoms with van der Waals surface area (Å²) in [5, 5.41) is 3.55. The Kier molecular flexibility index (Phi) is 4.02. The number of benzene rings is 1. The van der Waals surface area contributed by atoms with Crippen LogP contribution >= 0.6 is 0 Å². The summed E-state index contributed by atoms with van der Waals surface area (Å²) in [5.74, 6) is -0.108. The normalized spacial score (nSPS) is 24.5. The molecule has 2 nitrogen and oxygen atoms in total. The quantitative estimate of drug-likeness (QED) is 0.875. The van der Waals surface area contributed by atoms with Gasteiger partial charge in [0.05, 0.1) is 0 Å². The molecule has 104 valence electrons. The second-order valence-corrected chi connectivity index (χ2v) is 5.75. The maximum absolute atomic E-state index is 13.6. The van der Waals surface area contributed by atoms with Crippen molar-refractivity contribution < 1.29 is 4.39 Å². The predicted molar refractivity (Wildman–Crippen MR) is 77.1 cm³/mol. The molecule has 1 atom stereocenters. The Labute approximate surface area is 115 Å². The molecule has 0 aliphatic carbocycles. The summed E-state index contributed by atoms with van der Waals surface area (Å²) < 4.78 is 13.6. The van der Waals surface area contributed by atoms with Gasteiger partial charge in [0.25, 0.3) is 0 Å². The van der Waals surface area contributed by atoms with Crippen LogP contribution in [-0.2, 0) is 0 Å². The van der Waals surface area contributed by atoms with E-state index in [9.17, 15) is 4.39 Å². The van der Waals surface area contributed by atoms with E-state index in [1.807, 2.05) is 6.07 Å². The Morgan fingerprint density at radius 2 is 1.89 bits per heavy atom. The van der Waals surface area contributed by atoms with Crippen LogP contribution in [0.4, 0.5) is 10.1 Å². The fraction of sp³-hybridized carbons (Fsp3) is 0.625. The lowest BCUT2D eigenvalue weighted by Gasteiger charge is -2.34. The van der Waals surface area contributed by atoms with E-state index in [-0.39, 0.29) is 5.82 Å². The molecule has 0 bridgehead atoms. The minimum absolute atomic E-state index is 0.108. The third kappa shape index (κ3) is 2.92. The first kappa shape index (κ1) is 12.9. The maximum atomic E-state index is 13.6. The zero-order valence-corrected chi connectivity index (χ0v) is 11.5. The molecule has 0 radical (unpaired) electrons. The number of rotatable bonds is 2. The van der Waals surface area contributed by atoms with Crippen LogP contribution in [-0.4, -0.2) is 19.6 Å². The largest absolute Gasteiger partial charge is 0.371 e. The summed E-state index contributed by atoms with van der Waals surface area (Å²) in [7, 11) is 0. The van der Waals surface area contributed by atoms with Crippen LogP contribution < -0.4 is 10.2 Å². The van der Waals surface area contributed by atoms with E-state index < -0.39 is 0 Å². The van der Waals surface area contributed by atoms with Crippen molar-refractivity contribution in [2.24, 2.45) is 0 Å². The lowest BCUT2D eigenvalue weighted by molar-refractivity contribution is 0.410. The van der Waals surface area contributed by atoms with E-state index in [1.54, 1.807) is 12.1 Å². The van der Waals surface area contributed by atoms with Crippen molar-refractivity contribution in [3.8, 4) is 0 Å². The number of anilines is 1. The van der Waals surface area contributed by atoms with Gasteiger partial charge in [0, 0.05) is 24.8 Å². The van der Waals surface area contributed by atoms with Gasteiger partial charge in [-0.3, -0.25) is 0 Å². The van der Waals surface area contributed by atoms with E-state index in [0.717, 1.165) is 26.1 Å². The van der Waals surface area contributed by atoms with Crippen LogP contribution in [0.1, 0.15) is 50.1 Å². The molecule has 3 heteroatoms. The van der Waals surface area contributed by atoms with Crippen molar-refractivity contribution in [3.05, 3.63) is 29.6 Å². The Bertz CT molecular complexity index is 421. The molecule has 0 spiro atoms. The van der Waals surface area contributed by atoms with Gasteiger partial charge in [-0.1, -0.05) is 6.42 Å². The first-order valence-corrected chi connectivity index (χ1v) is 7.62. The van der Waals surface area contributed by atoms with E-state index in [1.165, 1.54) is 43.4 Å². The van der Waals surface area contributed by atoms with Gasteiger partial charge >= 0.3 is 0 Å². The first-order chi connectivity index (χ1) is 9.34. The number of nitrogens with one attached hydrogen (secondary N) is 1. The van der Waals surface area contributed by atoms with Gasteiger partial charge in [0.1, 0.15) is 5.82 Å². The lowest BCUT2D eigenvalue weighted by atomic mass is 9.95. The maximum Gasteiger partial charge on any atom is 0.123 e. The number of hydrogen-bond donors (Lipinski definition) is 1. The van der Waals surface area contributed by atoms with Gasteiger partial charge in [-0.25, -0.2) is 4.39 Å². The molecule has 1 unspecified atom stereocenters. The molecule has 1 aromatic rings. The zero-order chi connectivity index (χ0) is 13.1. The zero-order valence-electron chi connectivity index (χ0n) is 11.5. The fourth-order valence-electron chi connectivity index (χ4n) is 3.34. The minimum atomic E-state index is -0.108. The Morgan fingerprint density at radius 3 is 2.63 bits per heavy atom. The van der Waals surface area contributed by atoms with Gasteiger partial charge in [0.15, 0.2) is 0 Å². The highest BCUT2D eigenvalue weighted by atomic mass is 19.1. The van der Waals surface area contributed by atoms with Crippen LogP contribution in [0.15, 0.2) is 18.2 Å². The topological polar surface area (TPSA) is 15.3 Å². The summed E-state index contributed by atoms with van der Waals surface area (Å²) >= 11 is 0. The number of halogens is 1. The highest BCUT2D eigenvalue weighted by Gasteiger charge is 2.22. The molecule has 1 N–H and O–H groups in total. The van der Waals surface area contributed by atoms with Crippen molar-refractivity contribution in [1.82, 2.24) is 5.32 Å². The molecule has 0 saturated carbocycles. The fourth-order valence-corrected chi connectivity index (χ4v) is 3.34. The first-order valence-electron chi connectivity index (χ1n) is 7.62. The molecule has 2 aliphatic heterocycles. The van der Waals surface area contributed by atoms with Crippen molar-refractivity contribution in [2.75, 3.05) is 24.5 Å². The molecule has 2 heterocycles. The average molecular weight is 262 g/mol. The Morgan fingerprint density at radius 1 is 1.05 bits per heavy atom. The number of piperidine rings is 2.